The van der Waals surface area contributed by atoms with Crippen molar-refractivity contribution in [2.75, 3.05) is 38.7 Å². The molecule has 2 N–H and O–H groups in total. The maximum Gasteiger partial charge on any atom is 0.220 e. The number of hydrogen-bond acceptors (Lipinski definition) is 6. The summed E-state index contributed by atoms with van der Waals surface area (Å²) in [5.74, 6) is 2.16. The van der Waals surface area contributed by atoms with Crippen LogP contribution < -0.4 is 10.6 Å². The van der Waals surface area contributed by atoms with E-state index in [1.165, 1.54) is 0 Å². The molecule has 2 amide bonds. The number of fused-ring (bicyclic) bond motifs is 1. The van der Waals surface area contributed by atoms with Gasteiger partial charge in [0.15, 0.2) is 0 Å². The molecule has 2 heterocycles. The topological polar surface area (TPSA) is 93.7 Å². The third-order valence-electron chi connectivity index (χ3n) is 5.56. The van der Waals surface area contributed by atoms with Crippen molar-refractivity contribution in [2.24, 2.45) is 5.92 Å². The highest BCUT2D eigenvalue weighted by molar-refractivity contribution is 8.00. The quantitative estimate of drug-likeness (QED) is 0.336. The number of rotatable bonds is 17. The lowest BCUT2D eigenvalue weighted by atomic mass is 9.97. The molecule has 30 heavy (non-hydrogen) atoms. The molecule has 8 heteroatoms. The molecule has 0 aromatic rings. The zero-order valence-corrected chi connectivity index (χ0v) is 19.1. The third-order valence-corrected chi connectivity index (χ3v) is 7.14. The lowest BCUT2D eigenvalue weighted by Gasteiger charge is -2.17. The fourth-order valence-corrected chi connectivity index (χ4v) is 5.63. The summed E-state index contributed by atoms with van der Waals surface area (Å²) in [5.41, 5.74) is 0. The van der Waals surface area contributed by atoms with E-state index in [0.717, 1.165) is 37.9 Å². The molecule has 0 spiro atoms. The van der Waals surface area contributed by atoms with Gasteiger partial charge < -0.3 is 20.1 Å². The smallest absolute Gasteiger partial charge is 0.220 e. The van der Waals surface area contributed by atoms with Crippen LogP contribution in [0.25, 0.3) is 0 Å². The fourth-order valence-electron chi connectivity index (χ4n) is 3.98. The normalized spacial score (nSPS) is 22.7. The molecule has 3 unspecified atom stereocenters. The summed E-state index contributed by atoms with van der Waals surface area (Å²) < 4.78 is 10.9. The number of thioether (sulfide) groups is 1. The van der Waals surface area contributed by atoms with E-state index >= 15 is 0 Å². The van der Waals surface area contributed by atoms with Crippen molar-refractivity contribution in [2.45, 2.75) is 76.0 Å². The molecule has 0 saturated carbocycles. The third kappa shape index (κ3) is 9.79. The molecule has 0 bridgehead atoms. The predicted octanol–water partition coefficient (Wildman–Crippen LogP) is 2.47. The average molecular weight is 443 g/mol. The number of ether oxygens (including phenoxy) is 2. The van der Waals surface area contributed by atoms with Crippen LogP contribution >= 0.6 is 11.8 Å². The van der Waals surface area contributed by atoms with Gasteiger partial charge in [0.05, 0.1) is 19.8 Å². The van der Waals surface area contributed by atoms with Crippen LogP contribution in [0.5, 0.6) is 0 Å². The molecular weight excluding hydrogens is 404 g/mol. The Kier molecular flexibility index (Phi) is 12.4. The highest BCUT2D eigenvalue weighted by atomic mass is 32.2. The Morgan fingerprint density at radius 3 is 2.67 bits per heavy atom. The molecule has 0 aromatic carbocycles. The number of Topliss-reactive ketones (excluding diaryl/α,β-unsaturated/α-hetero) is 1. The molecule has 7 nitrogen and oxygen atoms in total. The lowest BCUT2D eigenvalue weighted by molar-refractivity contribution is -0.121. The second-order valence-electron chi connectivity index (χ2n) is 8.14. The van der Waals surface area contributed by atoms with Crippen molar-refractivity contribution in [1.29, 1.82) is 0 Å². The van der Waals surface area contributed by atoms with Gasteiger partial charge in [0.2, 0.25) is 11.8 Å². The lowest BCUT2D eigenvalue weighted by Crippen LogP contribution is -2.34. The molecule has 172 valence electrons. The van der Waals surface area contributed by atoms with Gasteiger partial charge in [-0.3, -0.25) is 14.4 Å². The molecule has 2 saturated heterocycles. The maximum atomic E-state index is 11.9. The maximum absolute atomic E-state index is 11.9. The first kappa shape index (κ1) is 25.1. The van der Waals surface area contributed by atoms with Gasteiger partial charge in [-0.25, -0.2) is 0 Å². The van der Waals surface area contributed by atoms with E-state index in [2.05, 4.69) is 10.6 Å². The Hall–Kier alpha value is -1.12. The van der Waals surface area contributed by atoms with E-state index in [1.807, 2.05) is 18.7 Å². The van der Waals surface area contributed by atoms with Crippen LogP contribution in [-0.4, -0.2) is 67.6 Å². The summed E-state index contributed by atoms with van der Waals surface area (Å²) in [6.07, 6.45) is 7.12. The van der Waals surface area contributed by atoms with Gasteiger partial charge in [-0.05, 0) is 37.4 Å². The van der Waals surface area contributed by atoms with Crippen LogP contribution in [0, 0.1) is 5.92 Å². The number of hydrogen-bond donors (Lipinski definition) is 2. The molecule has 3 atom stereocenters. The number of nitrogens with one attached hydrogen (secondary N) is 2. The molecule has 2 rings (SSSR count). The summed E-state index contributed by atoms with van der Waals surface area (Å²) in [7, 11) is 0. The number of unbranched alkanes of at least 4 members (excludes halogenated alkanes) is 1. The van der Waals surface area contributed by atoms with Crippen LogP contribution in [0.15, 0.2) is 0 Å². The van der Waals surface area contributed by atoms with Gasteiger partial charge >= 0.3 is 0 Å². The van der Waals surface area contributed by atoms with Crippen molar-refractivity contribution in [3.8, 4) is 0 Å². The van der Waals surface area contributed by atoms with Gasteiger partial charge in [0.25, 0.3) is 0 Å². The number of ketones is 1. The molecule has 0 radical (unpaired) electrons. The van der Waals surface area contributed by atoms with Gasteiger partial charge in [0.1, 0.15) is 5.78 Å². The summed E-state index contributed by atoms with van der Waals surface area (Å²) in [6.45, 7) is 4.60. The first-order valence-corrected chi connectivity index (χ1v) is 12.5. The minimum atomic E-state index is 0.0673. The average Bonchev–Trinajstić information content (AvgIpc) is 3.26. The van der Waals surface area contributed by atoms with E-state index in [1.54, 1.807) is 0 Å². The van der Waals surface area contributed by atoms with E-state index in [9.17, 15) is 14.4 Å². The van der Waals surface area contributed by atoms with Crippen molar-refractivity contribution >= 4 is 29.4 Å². The summed E-state index contributed by atoms with van der Waals surface area (Å²) in [5, 5.41) is 6.50. The molecule has 0 aliphatic carbocycles. The first-order valence-electron chi connectivity index (χ1n) is 11.4. The Morgan fingerprint density at radius 1 is 1.07 bits per heavy atom. The molecule has 2 aliphatic rings. The number of amides is 2. The van der Waals surface area contributed by atoms with Gasteiger partial charge in [0, 0.05) is 50.1 Å². The Morgan fingerprint density at radius 2 is 1.87 bits per heavy atom. The minimum absolute atomic E-state index is 0.0673. The summed E-state index contributed by atoms with van der Waals surface area (Å²) >= 11 is 1.97. The monoisotopic (exact) mass is 442 g/mol. The Labute approximate surface area is 184 Å². The predicted molar refractivity (Wildman–Crippen MR) is 119 cm³/mol. The van der Waals surface area contributed by atoms with Crippen molar-refractivity contribution < 1.29 is 23.9 Å². The van der Waals surface area contributed by atoms with E-state index in [4.69, 9.17) is 9.47 Å². The largest absolute Gasteiger partial charge is 0.379 e. The van der Waals surface area contributed by atoms with Crippen LogP contribution in [0.1, 0.15) is 64.7 Å². The van der Waals surface area contributed by atoms with E-state index in [0.29, 0.717) is 81.6 Å². The van der Waals surface area contributed by atoms with E-state index < -0.39 is 0 Å². The number of carbonyl (C=O) groups is 3. The SMILES string of the molecule is CCCC(=O)CCCOCCOCCNC(=O)CCCCC1SCC2CC(=O)NC21. The Bertz CT molecular complexity index is 546. The van der Waals surface area contributed by atoms with Crippen molar-refractivity contribution in [3.05, 3.63) is 0 Å². The molecule has 2 fully saturated rings. The van der Waals surface area contributed by atoms with Crippen LogP contribution in [-0.2, 0) is 23.9 Å². The van der Waals surface area contributed by atoms with Crippen molar-refractivity contribution in [3.63, 3.8) is 0 Å². The van der Waals surface area contributed by atoms with E-state index in [-0.39, 0.29) is 11.8 Å². The zero-order valence-electron chi connectivity index (χ0n) is 18.3. The highest BCUT2D eigenvalue weighted by Gasteiger charge is 2.42. The fraction of sp³-hybridized carbons (Fsp3) is 0.864. The van der Waals surface area contributed by atoms with Crippen LogP contribution in [0.3, 0.4) is 0 Å². The zero-order chi connectivity index (χ0) is 21.6. The molecule has 0 aromatic heterocycles. The summed E-state index contributed by atoms with van der Waals surface area (Å²) in [4.78, 5) is 34.7. The van der Waals surface area contributed by atoms with Crippen LogP contribution in [0.2, 0.25) is 0 Å². The first-order chi connectivity index (χ1) is 14.6. The van der Waals surface area contributed by atoms with Crippen LogP contribution in [0.4, 0.5) is 0 Å². The number of carbonyl (C=O) groups excluding carboxylic acids is 3. The van der Waals surface area contributed by atoms with Gasteiger partial charge in [-0.2, -0.15) is 11.8 Å². The van der Waals surface area contributed by atoms with Gasteiger partial charge in [-0.15, -0.1) is 0 Å². The van der Waals surface area contributed by atoms with Gasteiger partial charge in [-0.1, -0.05) is 13.3 Å². The Balaban J connectivity index is 1.34. The summed E-state index contributed by atoms with van der Waals surface area (Å²) in [6, 6.07) is 0.348. The minimum Gasteiger partial charge on any atom is -0.379 e. The molecular formula is C22H38N2O5S. The molecule has 2 aliphatic heterocycles. The second-order valence-corrected chi connectivity index (χ2v) is 9.41. The standard InChI is InChI=1S/C22H38N2O5S/c1-2-6-18(25)7-5-11-28-13-14-29-12-10-23-20(26)9-4-3-8-19-22-17(16-30-19)15-21(27)24-22/h17,19,22H,2-16H2,1H3,(H,23,26)(H,24,27). The highest BCUT2D eigenvalue weighted by Crippen LogP contribution is 2.39. The van der Waals surface area contributed by atoms with Crippen molar-refractivity contribution in [1.82, 2.24) is 10.6 Å². The second kappa shape index (κ2) is 14.8.